The molecule has 2 rings (SSSR count). The molecule has 0 heterocycles. The number of methoxy groups -OCH3 is 1. The van der Waals surface area contributed by atoms with Crippen LogP contribution in [-0.4, -0.2) is 18.9 Å². The van der Waals surface area contributed by atoms with Gasteiger partial charge in [0.1, 0.15) is 5.75 Å². The van der Waals surface area contributed by atoms with Gasteiger partial charge in [-0.05, 0) is 29.8 Å². The molecule has 0 bridgehead atoms. The lowest BCUT2D eigenvalue weighted by Crippen LogP contribution is -2.15. The molecule has 0 saturated carbocycles. The van der Waals surface area contributed by atoms with Gasteiger partial charge in [-0.25, -0.2) is 0 Å². The van der Waals surface area contributed by atoms with Crippen LogP contribution in [0.1, 0.15) is 12.5 Å². The fourth-order valence-electron chi connectivity index (χ4n) is 2.09. The van der Waals surface area contributed by atoms with Crippen LogP contribution in [0.4, 0.5) is 11.4 Å². The van der Waals surface area contributed by atoms with E-state index in [0.29, 0.717) is 22.1 Å². The first-order valence-electron chi connectivity index (χ1n) is 6.98. The SMILES string of the molecule is COc1ccc(NC(=O)Cc2ccccc2Cl)cc1NC(C)=O. The Hall–Kier alpha value is -2.53. The van der Waals surface area contributed by atoms with Gasteiger partial charge in [-0.15, -0.1) is 0 Å². The van der Waals surface area contributed by atoms with Crippen LogP contribution in [-0.2, 0) is 16.0 Å². The van der Waals surface area contributed by atoms with E-state index in [-0.39, 0.29) is 18.2 Å². The third-order valence-corrected chi connectivity index (χ3v) is 3.47. The second-order valence-corrected chi connectivity index (χ2v) is 5.32. The zero-order chi connectivity index (χ0) is 16.8. The Morgan fingerprint density at radius 2 is 1.87 bits per heavy atom. The van der Waals surface area contributed by atoms with Crippen LogP contribution >= 0.6 is 11.6 Å². The molecular formula is C17H17ClN2O3. The molecule has 0 spiro atoms. The molecule has 23 heavy (non-hydrogen) atoms. The molecule has 5 nitrogen and oxygen atoms in total. The minimum Gasteiger partial charge on any atom is -0.495 e. The smallest absolute Gasteiger partial charge is 0.228 e. The summed E-state index contributed by atoms with van der Waals surface area (Å²) in [6.45, 7) is 1.40. The number of carbonyl (C=O) groups excluding carboxylic acids is 2. The fourth-order valence-corrected chi connectivity index (χ4v) is 2.30. The lowest BCUT2D eigenvalue weighted by atomic mass is 10.1. The first kappa shape index (κ1) is 16.8. The zero-order valence-corrected chi connectivity index (χ0v) is 13.6. The summed E-state index contributed by atoms with van der Waals surface area (Å²) in [7, 11) is 1.51. The number of amides is 2. The van der Waals surface area contributed by atoms with E-state index in [9.17, 15) is 9.59 Å². The molecule has 0 aliphatic carbocycles. The van der Waals surface area contributed by atoms with Gasteiger partial charge < -0.3 is 15.4 Å². The minimum atomic E-state index is -0.220. The van der Waals surface area contributed by atoms with E-state index >= 15 is 0 Å². The van der Waals surface area contributed by atoms with Crippen molar-refractivity contribution in [2.75, 3.05) is 17.7 Å². The highest BCUT2D eigenvalue weighted by molar-refractivity contribution is 6.31. The Morgan fingerprint density at radius 3 is 2.52 bits per heavy atom. The quantitative estimate of drug-likeness (QED) is 0.880. The number of hydrogen-bond donors (Lipinski definition) is 2. The molecule has 0 fully saturated rings. The summed E-state index contributed by atoms with van der Waals surface area (Å²) >= 11 is 6.05. The predicted molar refractivity (Wildman–Crippen MR) is 91.1 cm³/mol. The van der Waals surface area contributed by atoms with Crippen LogP contribution in [0.25, 0.3) is 0 Å². The highest BCUT2D eigenvalue weighted by atomic mass is 35.5. The molecule has 0 aliphatic heterocycles. The molecular weight excluding hydrogens is 316 g/mol. The summed E-state index contributed by atoms with van der Waals surface area (Å²) in [4.78, 5) is 23.4. The van der Waals surface area contributed by atoms with Crippen molar-refractivity contribution in [2.24, 2.45) is 0 Å². The molecule has 0 aliphatic rings. The summed E-state index contributed by atoms with van der Waals surface area (Å²) in [5.74, 6) is 0.101. The summed E-state index contributed by atoms with van der Waals surface area (Å²) in [6, 6.07) is 12.2. The van der Waals surface area contributed by atoms with Gasteiger partial charge in [0.15, 0.2) is 0 Å². The van der Waals surface area contributed by atoms with Crippen molar-refractivity contribution in [3.63, 3.8) is 0 Å². The first-order valence-corrected chi connectivity index (χ1v) is 7.36. The lowest BCUT2D eigenvalue weighted by molar-refractivity contribution is -0.115. The van der Waals surface area contributed by atoms with E-state index in [1.54, 1.807) is 30.3 Å². The Morgan fingerprint density at radius 1 is 1.13 bits per heavy atom. The number of ether oxygens (including phenoxy) is 1. The lowest BCUT2D eigenvalue weighted by Gasteiger charge is -2.12. The molecule has 0 radical (unpaired) electrons. The van der Waals surface area contributed by atoms with Gasteiger partial charge >= 0.3 is 0 Å². The third-order valence-electron chi connectivity index (χ3n) is 3.10. The number of rotatable bonds is 5. The number of hydrogen-bond acceptors (Lipinski definition) is 3. The van der Waals surface area contributed by atoms with Crippen molar-refractivity contribution in [3.05, 3.63) is 53.1 Å². The summed E-state index contributed by atoms with van der Waals surface area (Å²) in [6.07, 6.45) is 0.168. The van der Waals surface area contributed by atoms with Crippen molar-refractivity contribution in [3.8, 4) is 5.75 Å². The molecule has 2 N–H and O–H groups in total. The summed E-state index contributed by atoms with van der Waals surface area (Å²) in [5.41, 5.74) is 1.81. The standard InChI is InChI=1S/C17H17ClN2O3/c1-11(21)19-15-10-13(7-8-16(15)23-2)20-17(22)9-12-5-3-4-6-14(12)18/h3-8,10H,9H2,1-2H3,(H,19,21)(H,20,22). The highest BCUT2D eigenvalue weighted by Gasteiger charge is 2.10. The van der Waals surface area contributed by atoms with Crippen LogP contribution in [0.2, 0.25) is 5.02 Å². The monoisotopic (exact) mass is 332 g/mol. The number of halogens is 1. The van der Waals surface area contributed by atoms with E-state index in [0.717, 1.165) is 5.56 Å². The van der Waals surface area contributed by atoms with Gasteiger partial charge in [0, 0.05) is 17.6 Å². The van der Waals surface area contributed by atoms with Crippen molar-refractivity contribution in [1.29, 1.82) is 0 Å². The highest BCUT2D eigenvalue weighted by Crippen LogP contribution is 2.28. The maximum absolute atomic E-state index is 12.1. The van der Waals surface area contributed by atoms with Gasteiger partial charge in [0.2, 0.25) is 11.8 Å². The number of anilines is 2. The number of nitrogens with one attached hydrogen (secondary N) is 2. The molecule has 120 valence electrons. The van der Waals surface area contributed by atoms with E-state index in [1.165, 1.54) is 14.0 Å². The third kappa shape index (κ3) is 4.72. The van der Waals surface area contributed by atoms with E-state index in [1.807, 2.05) is 12.1 Å². The maximum Gasteiger partial charge on any atom is 0.228 e. The van der Waals surface area contributed by atoms with Crippen molar-refractivity contribution in [2.45, 2.75) is 13.3 Å². The number of carbonyl (C=O) groups is 2. The molecule has 0 unspecified atom stereocenters. The van der Waals surface area contributed by atoms with Gasteiger partial charge in [-0.2, -0.15) is 0 Å². The summed E-state index contributed by atoms with van der Waals surface area (Å²) < 4.78 is 5.17. The molecule has 0 aromatic heterocycles. The largest absolute Gasteiger partial charge is 0.495 e. The minimum absolute atomic E-state index is 0.168. The normalized spacial score (nSPS) is 10.0. The molecule has 2 amide bonds. The summed E-state index contributed by atoms with van der Waals surface area (Å²) in [5, 5.41) is 5.99. The molecule has 2 aromatic carbocycles. The Kier molecular flexibility index (Phi) is 5.60. The predicted octanol–water partition coefficient (Wildman–Crippen LogP) is 3.49. The van der Waals surface area contributed by atoms with Crippen LogP contribution in [0.15, 0.2) is 42.5 Å². The average Bonchev–Trinajstić information content (AvgIpc) is 2.49. The Balaban J connectivity index is 2.11. The van der Waals surface area contributed by atoms with Crippen molar-refractivity contribution >= 4 is 34.8 Å². The van der Waals surface area contributed by atoms with Gasteiger partial charge in [0.05, 0.1) is 19.2 Å². The van der Waals surface area contributed by atoms with Gasteiger partial charge in [0.25, 0.3) is 0 Å². The average molecular weight is 333 g/mol. The topological polar surface area (TPSA) is 67.4 Å². The van der Waals surface area contributed by atoms with Gasteiger partial charge in [-0.3, -0.25) is 9.59 Å². The molecule has 0 saturated heterocycles. The molecule has 2 aromatic rings. The van der Waals surface area contributed by atoms with E-state index < -0.39 is 0 Å². The Bertz CT molecular complexity index is 732. The van der Waals surface area contributed by atoms with E-state index in [4.69, 9.17) is 16.3 Å². The van der Waals surface area contributed by atoms with Crippen molar-refractivity contribution in [1.82, 2.24) is 0 Å². The number of benzene rings is 2. The second-order valence-electron chi connectivity index (χ2n) is 4.91. The van der Waals surface area contributed by atoms with E-state index in [2.05, 4.69) is 10.6 Å². The van der Waals surface area contributed by atoms with Crippen LogP contribution < -0.4 is 15.4 Å². The second kappa shape index (κ2) is 7.65. The zero-order valence-electron chi connectivity index (χ0n) is 12.9. The van der Waals surface area contributed by atoms with Crippen LogP contribution in [0.5, 0.6) is 5.75 Å². The van der Waals surface area contributed by atoms with Gasteiger partial charge in [-0.1, -0.05) is 29.8 Å². The van der Waals surface area contributed by atoms with Crippen LogP contribution in [0, 0.1) is 0 Å². The maximum atomic E-state index is 12.1. The fraction of sp³-hybridized carbons (Fsp3) is 0.176. The van der Waals surface area contributed by atoms with Crippen molar-refractivity contribution < 1.29 is 14.3 Å². The van der Waals surface area contributed by atoms with Crippen LogP contribution in [0.3, 0.4) is 0 Å². The molecule has 0 atom stereocenters. The molecule has 6 heteroatoms. The Labute approximate surface area is 139 Å². The first-order chi connectivity index (χ1) is 11.0.